The van der Waals surface area contributed by atoms with Gasteiger partial charge in [-0.2, -0.15) is 4.72 Å². The number of nitrogens with one attached hydrogen (secondary N) is 1. The van der Waals surface area contributed by atoms with E-state index in [9.17, 15) is 18.3 Å². The number of fused-ring (bicyclic) bond motifs is 3. The Balaban J connectivity index is 2.02. The summed E-state index contributed by atoms with van der Waals surface area (Å²) in [6.07, 6.45) is 1.69. The average Bonchev–Trinajstić information content (AvgIpc) is 3.01. The summed E-state index contributed by atoms with van der Waals surface area (Å²) in [6, 6.07) is 8.73. The molecule has 0 unspecified atom stereocenters. The molecule has 0 bridgehead atoms. The first-order valence-electron chi connectivity index (χ1n) is 9.00. The SMILES string of the molecule is CC(C)[C@H](NS(=O)(=O)c1ccc2c(c1)oc1ccc(N=CN(C)C)cc12)C(=O)O. The molecule has 154 valence electrons. The van der Waals surface area contributed by atoms with Crippen LogP contribution in [0.15, 0.2) is 50.7 Å². The van der Waals surface area contributed by atoms with Crippen LogP contribution in [0.5, 0.6) is 0 Å². The van der Waals surface area contributed by atoms with Gasteiger partial charge in [0.15, 0.2) is 0 Å². The number of carbonyl (C=O) groups is 1. The summed E-state index contributed by atoms with van der Waals surface area (Å²) < 4.78 is 33.4. The molecule has 0 aliphatic carbocycles. The second kappa shape index (κ2) is 7.84. The molecule has 0 saturated carbocycles. The summed E-state index contributed by atoms with van der Waals surface area (Å²) in [4.78, 5) is 17.5. The van der Waals surface area contributed by atoms with E-state index in [0.29, 0.717) is 11.2 Å². The van der Waals surface area contributed by atoms with Crippen molar-refractivity contribution in [3.63, 3.8) is 0 Å². The number of carboxylic acids is 1. The van der Waals surface area contributed by atoms with E-state index in [0.717, 1.165) is 16.5 Å². The fourth-order valence-electron chi connectivity index (χ4n) is 2.88. The number of hydrogen-bond acceptors (Lipinski definition) is 5. The minimum Gasteiger partial charge on any atom is -0.480 e. The van der Waals surface area contributed by atoms with Gasteiger partial charge in [-0.25, -0.2) is 13.4 Å². The highest BCUT2D eigenvalue weighted by Gasteiger charge is 2.28. The summed E-state index contributed by atoms with van der Waals surface area (Å²) in [6.45, 7) is 3.28. The van der Waals surface area contributed by atoms with Crippen LogP contribution in [0.25, 0.3) is 21.9 Å². The zero-order chi connectivity index (χ0) is 21.3. The van der Waals surface area contributed by atoms with Crippen LogP contribution in [-0.2, 0) is 14.8 Å². The maximum atomic E-state index is 12.7. The van der Waals surface area contributed by atoms with Gasteiger partial charge in [0.05, 0.1) is 16.9 Å². The lowest BCUT2D eigenvalue weighted by atomic mass is 10.1. The van der Waals surface area contributed by atoms with E-state index in [-0.39, 0.29) is 4.90 Å². The molecule has 0 saturated heterocycles. The number of sulfonamides is 1. The van der Waals surface area contributed by atoms with Crippen LogP contribution in [0.2, 0.25) is 0 Å². The molecule has 3 aromatic rings. The minimum absolute atomic E-state index is 0.0539. The molecule has 0 spiro atoms. The maximum Gasteiger partial charge on any atom is 0.322 e. The molecule has 0 radical (unpaired) electrons. The summed E-state index contributed by atoms with van der Waals surface area (Å²) in [5.74, 6) is -1.63. The number of carboxylic acid groups (broad SMARTS) is 1. The molecule has 8 nitrogen and oxygen atoms in total. The van der Waals surface area contributed by atoms with Gasteiger partial charge in [-0.05, 0) is 36.2 Å². The van der Waals surface area contributed by atoms with Gasteiger partial charge in [-0.1, -0.05) is 13.8 Å². The topological polar surface area (TPSA) is 112 Å². The molecular formula is C20H23N3O5S. The Morgan fingerprint density at radius 3 is 2.48 bits per heavy atom. The Bertz CT molecular complexity index is 1200. The molecule has 1 atom stereocenters. The molecule has 1 heterocycles. The van der Waals surface area contributed by atoms with Gasteiger partial charge in [0, 0.05) is 30.9 Å². The van der Waals surface area contributed by atoms with Gasteiger partial charge in [0.25, 0.3) is 0 Å². The Kier molecular flexibility index (Phi) is 5.63. The van der Waals surface area contributed by atoms with Gasteiger partial charge >= 0.3 is 5.97 Å². The molecule has 0 amide bonds. The van der Waals surface area contributed by atoms with Crippen molar-refractivity contribution in [3.05, 3.63) is 36.4 Å². The number of aliphatic carboxylic acids is 1. The van der Waals surface area contributed by atoms with Crippen LogP contribution < -0.4 is 4.72 Å². The van der Waals surface area contributed by atoms with Crippen LogP contribution in [0.4, 0.5) is 5.69 Å². The molecule has 9 heteroatoms. The molecule has 29 heavy (non-hydrogen) atoms. The van der Waals surface area contributed by atoms with Crippen molar-refractivity contribution >= 4 is 50.0 Å². The third kappa shape index (κ3) is 4.41. The van der Waals surface area contributed by atoms with E-state index in [1.54, 1.807) is 32.3 Å². The lowest BCUT2D eigenvalue weighted by Gasteiger charge is -2.17. The lowest BCUT2D eigenvalue weighted by molar-refractivity contribution is -0.140. The van der Waals surface area contributed by atoms with E-state index < -0.39 is 28.0 Å². The van der Waals surface area contributed by atoms with Gasteiger partial charge in [0.1, 0.15) is 17.2 Å². The first-order chi connectivity index (χ1) is 13.6. The Hall–Kier alpha value is -2.91. The fraction of sp³-hybridized carbons (Fsp3) is 0.300. The molecule has 0 aliphatic rings. The van der Waals surface area contributed by atoms with Crippen LogP contribution in [0.3, 0.4) is 0 Å². The molecule has 3 rings (SSSR count). The van der Waals surface area contributed by atoms with E-state index in [1.807, 2.05) is 31.1 Å². The Labute approximate surface area is 168 Å². The summed E-state index contributed by atoms with van der Waals surface area (Å²) in [5, 5.41) is 10.8. The van der Waals surface area contributed by atoms with E-state index in [2.05, 4.69) is 9.71 Å². The van der Waals surface area contributed by atoms with Gasteiger partial charge < -0.3 is 14.4 Å². The predicted molar refractivity (Wildman–Crippen MR) is 112 cm³/mol. The van der Waals surface area contributed by atoms with Crippen LogP contribution in [0, 0.1) is 5.92 Å². The molecular weight excluding hydrogens is 394 g/mol. The number of benzene rings is 2. The highest BCUT2D eigenvalue weighted by molar-refractivity contribution is 7.89. The third-order valence-electron chi connectivity index (χ3n) is 4.39. The zero-order valence-electron chi connectivity index (χ0n) is 16.6. The quantitative estimate of drug-likeness (QED) is 0.451. The standard InChI is InChI=1S/C20H23N3O5S/c1-12(2)19(20(24)25)22-29(26,27)14-6-7-15-16-9-13(21-11-23(3)4)5-8-17(16)28-18(15)10-14/h5-12,19,22H,1-4H3,(H,24,25)/t19-/m0/s1. The highest BCUT2D eigenvalue weighted by atomic mass is 32.2. The van der Waals surface area contributed by atoms with Crippen LogP contribution >= 0.6 is 0 Å². The maximum absolute atomic E-state index is 12.7. The monoisotopic (exact) mass is 417 g/mol. The molecule has 1 aromatic heterocycles. The lowest BCUT2D eigenvalue weighted by Crippen LogP contribution is -2.44. The molecule has 2 N–H and O–H groups in total. The third-order valence-corrected chi connectivity index (χ3v) is 5.83. The van der Waals surface area contributed by atoms with Crippen molar-refractivity contribution in [2.24, 2.45) is 10.9 Å². The first-order valence-corrected chi connectivity index (χ1v) is 10.5. The number of rotatable bonds is 7. The van der Waals surface area contributed by atoms with Crippen molar-refractivity contribution in [1.29, 1.82) is 0 Å². The van der Waals surface area contributed by atoms with Crippen molar-refractivity contribution in [2.75, 3.05) is 14.1 Å². The van der Waals surface area contributed by atoms with Crippen molar-refractivity contribution in [2.45, 2.75) is 24.8 Å². The summed E-state index contributed by atoms with van der Waals surface area (Å²) in [7, 11) is -0.276. The Morgan fingerprint density at radius 1 is 1.14 bits per heavy atom. The van der Waals surface area contributed by atoms with E-state index in [1.165, 1.54) is 12.1 Å². The van der Waals surface area contributed by atoms with Gasteiger partial charge in [-0.15, -0.1) is 0 Å². The average molecular weight is 417 g/mol. The molecule has 2 aromatic carbocycles. The van der Waals surface area contributed by atoms with Gasteiger partial charge in [0.2, 0.25) is 10.0 Å². The van der Waals surface area contributed by atoms with Gasteiger partial charge in [-0.3, -0.25) is 4.79 Å². The minimum atomic E-state index is -4.02. The number of nitrogens with zero attached hydrogens (tertiary/aromatic N) is 2. The fourth-order valence-corrected chi connectivity index (χ4v) is 4.23. The first kappa shape index (κ1) is 20.8. The largest absolute Gasteiger partial charge is 0.480 e. The number of aliphatic imine (C=N–C) groups is 1. The van der Waals surface area contributed by atoms with Crippen molar-refractivity contribution in [1.82, 2.24) is 9.62 Å². The van der Waals surface area contributed by atoms with E-state index in [4.69, 9.17) is 4.42 Å². The number of hydrogen-bond donors (Lipinski definition) is 2. The second-order valence-corrected chi connectivity index (χ2v) is 9.04. The number of furan rings is 1. The molecule has 0 aliphatic heterocycles. The van der Waals surface area contributed by atoms with Crippen molar-refractivity contribution < 1.29 is 22.7 Å². The van der Waals surface area contributed by atoms with Crippen LogP contribution in [0.1, 0.15) is 13.8 Å². The Morgan fingerprint density at radius 2 is 1.86 bits per heavy atom. The molecule has 0 fully saturated rings. The zero-order valence-corrected chi connectivity index (χ0v) is 17.4. The van der Waals surface area contributed by atoms with Crippen molar-refractivity contribution in [3.8, 4) is 0 Å². The second-order valence-electron chi connectivity index (χ2n) is 7.33. The van der Waals surface area contributed by atoms with Crippen LogP contribution in [-0.4, -0.2) is 50.9 Å². The summed E-state index contributed by atoms with van der Waals surface area (Å²) in [5.41, 5.74) is 1.75. The highest BCUT2D eigenvalue weighted by Crippen LogP contribution is 2.33. The summed E-state index contributed by atoms with van der Waals surface area (Å²) >= 11 is 0. The smallest absolute Gasteiger partial charge is 0.322 e. The normalized spacial score (nSPS) is 13.6. The van der Waals surface area contributed by atoms with E-state index >= 15 is 0 Å². The predicted octanol–water partition coefficient (Wildman–Crippen LogP) is 3.19.